The van der Waals surface area contributed by atoms with Crippen LogP contribution in [0.25, 0.3) is 0 Å². The van der Waals surface area contributed by atoms with Crippen LogP contribution >= 0.6 is 0 Å². The molecule has 0 spiro atoms. The molecular weight excluding hydrogens is 889 g/mol. The van der Waals surface area contributed by atoms with Crippen molar-refractivity contribution in [2.45, 2.75) is 290 Å². The fraction of sp³-hybridized carbons (Fsp3) is 0.712. The largest absolute Gasteiger partial charge is 0.462 e. The van der Waals surface area contributed by atoms with E-state index in [9.17, 15) is 14.4 Å². The molecule has 0 fully saturated rings. The molecule has 0 heterocycles. The van der Waals surface area contributed by atoms with Gasteiger partial charge in [-0.25, -0.2) is 0 Å². The molecule has 1 unspecified atom stereocenters. The predicted octanol–water partition coefficient (Wildman–Crippen LogP) is 20.5. The first-order valence-corrected chi connectivity index (χ1v) is 30.2. The Labute approximate surface area is 445 Å². The van der Waals surface area contributed by atoms with Crippen LogP contribution < -0.4 is 0 Å². The van der Waals surface area contributed by atoms with Crippen molar-refractivity contribution in [3.05, 3.63) is 97.2 Å². The maximum absolute atomic E-state index is 12.9. The van der Waals surface area contributed by atoms with Gasteiger partial charge < -0.3 is 14.2 Å². The Bertz CT molecular complexity index is 1430. The second kappa shape index (κ2) is 59.9. The lowest BCUT2D eigenvalue weighted by molar-refractivity contribution is -0.167. The zero-order valence-corrected chi connectivity index (χ0v) is 47.2. The molecule has 0 aromatic rings. The molecule has 6 nitrogen and oxygen atoms in total. The van der Waals surface area contributed by atoms with Gasteiger partial charge in [-0.3, -0.25) is 14.4 Å². The van der Waals surface area contributed by atoms with E-state index in [1.807, 2.05) is 0 Å². The lowest BCUT2D eigenvalue weighted by Crippen LogP contribution is -2.30. The average molecular weight is 1000 g/mol. The van der Waals surface area contributed by atoms with Gasteiger partial charge in [0.25, 0.3) is 0 Å². The highest BCUT2D eigenvalue weighted by atomic mass is 16.6. The first-order valence-electron chi connectivity index (χ1n) is 30.2. The third kappa shape index (κ3) is 57.2. The molecule has 0 aliphatic carbocycles. The van der Waals surface area contributed by atoms with Crippen LogP contribution in [-0.4, -0.2) is 37.2 Å². The number of hydrogen-bond acceptors (Lipinski definition) is 6. The monoisotopic (exact) mass is 1000 g/mol. The van der Waals surface area contributed by atoms with E-state index in [4.69, 9.17) is 14.2 Å². The number of hydrogen-bond donors (Lipinski definition) is 0. The van der Waals surface area contributed by atoms with Gasteiger partial charge in [-0.15, -0.1) is 0 Å². The molecule has 6 heteroatoms. The highest BCUT2D eigenvalue weighted by molar-refractivity contribution is 5.71. The molecule has 0 aliphatic heterocycles. The number of esters is 3. The predicted molar refractivity (Wildman–Crippen MR) is 311 cm³/mol. The van der Waals surface area contributed by atoms with Crippen LogP contribution in [-0.2, 0) is 28.6 Å². The van der Waals surface area contributed by atoms with Crippen molar-refractivity contribution in [3.63, 3.8) is 0 Å². The van der Waals surface area contributed by atoms with E-state index in [0.29, 0.717) is 19.3 Å². The molecule has 0 aromatic heterocycles. The lowest BCUT2D eigenvalue weighted by Gasteiger charge is -2.18. The number of carbonyl (C=O) groups excluding carboxylic acids is 3. The van der Waals surface area contributed by atoms with Gasteiger partial charge in [-0.2, -0.15) is 0 Å². The molecule has 412 valence electrons. The second-order valence-electron chi connectivity index (χ2n) is 19.9. The van der Waals surface area contributed by atoms with Crippen molar-refractivity contribution in [2.24, 2.45) is 0 Å². The second-order valence-corrected chi connectivity index (χ2v) is 19.9. The minimum atomic E-state index is -0.800. The van der Waals surface area contributed by atoms with Crippen LogP contribution in [0.5, 0.6) is 0 Å². The van der Waals surface area contributed by atoms with Gasteiger partial charge in [0.15, 0.2) is 6.10 Å². The Kier molecular flexibility index (Phi) is 56.8. The Balaban J connectivity index is 4.47. The van der Waals surface area contributed by atoms with E-state index in [1.165, 1.54) is 135 Å². The van der Waals surface area contributed by atoms with E-state index in [2.05, 4.69) is 118 Å². The van der Waals surface area contributed by atoms with Gasteiger partial charge in [0, 0.05) is 19.3 Å². The van der Waals surface area contributed by atoms with E-state index >= 15 is 0 Å². The molecule has 0 saturated heterocycles. The fourth-order valence-electron chi connectivity index (χ4n) is 8.30. The number of carbonyl (C=O) groups is 3. The van der Waals surface area contributed by atoms with Crippen molar-refractivity contribution in [3.8, 4) is 0 Å². The molecule has 0 rings (SSSR count). The first-order chi connectivity index (χ1) is 35.5. The number of unbranched alkanes of at least 4 members (excludes halogenated alkanes) is 27. The highest BCUT2D eigenvalue weighted by Crippen LogP contribution is 2.16. The number of allylic oxidation sites excluding steroid dienone is 16. The van der Waals surface area contributed by atoms with Crippen LogP contribution in [0.3, 0.4) is 0 Å². The van der Waals surface area contributed by atoms with Crippen molar-refractivity contribution in [2.75, 3.05) is 13.2 Å². The molecule has 0 saturated carbocycles. The molecule has 0 amide bonds. The van der Waals surface area contributed by atoms with Gasteiger partial charge in [0.1, 0.15) is 13.2 Å². The minimum absolute atomic E-state index is 0.0929. The standard InChI is InChI=1S/C66H112O6/c1-4-7-10-13-16-19-22-25-28-31-32-33-34-36-38-41-44-47-50-53-56-59-65(68)71-62-63(61-70-64(67)58-55-52-49-46-43-40-37-30-27-24-21-18-15-12-9-6-3)72-66(69)60-57-54-51-48-45-42-39-35-29-26-23-20-17-14-11-8-5-2/h7,10,16-17,19-20,25-26,28-29,32-33,36,38,44,47,63H,4-6,8-9,11-15,18,21-24,27,30-31,34-35,37,39-43,45-46,48-62H2,1-3H3/b10-7-,19-16-,20-17-,28-25-,29-26-,33-32-,38-36-,47-44-. The van der Waals surface area contributed by atoms with Gasteiger partial charge in [0.2, 0.25) is 0 Å². The van der Waals surface area contributed by atoms with Crippen LogP contribution in [0.1, 0.15) is 284 Å². The smallest absolute Gasteiger partial charge is 0.306 e. The Hall–Kier alpha value is -3.67. The molecule has 0 aliphatic rings. The zero-order chi connectivity index (χ0) is 52.2. The third-order valence-corrected chi connectivity index (χ3v) is 12.8. The maximum Gasteiger partial charge on any atom is 0.306 e. The molecule has 0 bridgehead atoms. The Morgan fingerprint density at radius 3 is 0.903 bits per heavy atom. The summed E-state index contributed by atoms with van der Waals surface area (Å²) in [5.74, 6) is -0.938. The zero-order valence-electron chi connectivity index (χ0n) is 47.2. The van der Waals surface area contributed by atoms with Crippen LogP contribution in [0.4, 0.5) is 0 Å². The normalized spacial score (nSPS) is 12.8. The molecule has 0 N–H and O–H groups in total. The molecule has 0 radical (unpaired) electrons. The van der Waals surface area contributed by atoms with Crippen molar-refractivity contribution < 1.29 is 28.6 Å². The summed E-state index contributed by atoms with van der Waals surface area (Å²) < 4.78 is 16.9. The average Bonchev–Trinajstić information content (AvgIpc) is 3.38. The van der Waals surface area contributed by atoms with Gasteiger partial charge in [0.05, 0.1) is 0 Å². The molecular formula is C66H112O6. The minimum Gasteiger partial charge on any atom is -0.462 e. The fourth-order valence-corrected chi connectivity index (χ4v) is 8.30. The lowest BCUT2D eigenvalue weighted by atomic mass is 10.0. The summed E-state index contributed by atoms with van der Waals surface area (Å²) in [6, 6.07) is 0. The number of ether oxygens (including phenoxy) is 3. The van der Waals surface area contributed by atoms with Gasteiger partial charge in [-0.05, 0) is 103 Å². The summed E-state index contributed by atoms with van der Waals surface area (Å²) in [5, 5.41) is 0. The van der Waals surface area contributed by atoms with Crippen molar-refractivity contribution in [1.29, 1.82) is 0 Å². The van der Waals surface area contributed by atoms with Crippen molar-refractivity contribution in [1.82, 2.24) is 0 Å². The third-order valence-electron chi connectivity index (χ3n) is 12.8. The SMILES string of the molecule is CC/C=C\C/C=C\C/C=C\C/C=C\C/C=C\C/C=C\CCCCC(=O)OCC(COC(=O)CCCCCCCCCCCCCCCCCC)OC(=O)CCCCCCCCC/C=C\C/C=C\CCCCC. The van der Waals surface area contributed by atoms with E-state index in [1.54, 1.807) is 0 Å². The van der Waals surface area contributed by atoms with Crippen LogP contribution in [0, 0.1) is 0 Å². The summed E-state index contributed by atoms with van der Waals surface area (Å²) in [5.41, 5.74) is 0. The topological polar surface area (TPSA) is 78.9 Å². The van der Waals surface area contributed by atoms with Gasteiger partial charge in [-0.1, -0.05) is 259 Å². The molecule has 0 aromatic carbocycles. The van der Waals surface area contributed by atoms with E-state index in [-0.39, 0.29) is 31.1 Å². The van der Waals surface area contributed by atoms with E-state index < -0.39 is 6.10 Å². The van der Waals surface area contributed by atoms with Crippen LogP contribution in [0.15, 0.2) is 97.2 Å². The number of rotatable bonds is 54. The Morgan fingerprint density at radius 1 is 0.292 bits per heavy atom. The first kappa shape index (κ1) is 68.3. The highest BCUT2D eigenvalue weighted by Gasteiger charge is 2.19. The maximum atomic E-state index is 12.9. The quantitative estimate of drug-likeness (QED) is 0.0261. The summed E-state index contributed by atoms with van der Waals surface area (Å²) >= 11 is 0. The van der Waals surface area contributed by atoms with Crippen LogP contribution in [0.2, 0.25) is 0 Å². The summed E-state index contributed by atoms with van der Waals surface area (Å²) in [7, 11) is 0. The molecule has 72 heavy (non-hydrogen) atoms. The Morgan fingerprint density at radius 2 is 0.542 bits per heavy atom. The molecule has 1 atom stereocenters. The summed E-state index contributed by atoms with van der Waals surface area (Å²) in [6.07, 6.45) is 79.7. The van der Waals surface area contributed by atoms with E-state index in [0.717, 1.165) is 109 Å². The summed E-state index contributed by atoms with van der Waals surface area (Å²) in [6.45, 7) is 6.48. The van der Waals surface area contributed by atoms with Crippen molar-refractivity contribution >= 4 is 17.9 Å². The van der Waals surface area contributed by atoms with Gasteiger partial charge >= 0.3 is 17.9 Å². The summed E-state index contributed by atoms with van der Waals surface area (Å²) in [4.78, 5) is 38.2.